The summed E-state index contributed by atoms with van der Waals surface area (Å²) < 4.78 is 27.5. The topological polar surface area (TPSA) is 75.4 Å². The van der Waals surface area contributed by atoms with Crippen molar-refractivity contribution in [2.24, 2.45) is 0 Å². The monoisotopic (exact) mass is 299 g/mol. The first-order valence-electron chi connectivity index (χ1n) is 6.67. The summed E-state index contributed by atoms with van der Waals surface area (Å²) in [7, 11) is 0.412. The molecule has 0 bridgehead atoms. The number of hydrogen-bond acceptors (Lipinski definition) is 4. The van der Waals surface area contributed by atoms with Gasteiger partial charge in [-0.05, 0) is 70.6 Å². The zero-order valence-electron chi connectivity index (χ0n) is 12.9. The van der Waals surface area contributed by atoms with E-state index in [2.05, 4.69) is 4.72 Å². The molecule has 0 atom stereocenters. The number of aryl methyl sites for hydroxylation is 1. The van der Waals surface area contributed by atoms with E-state index >= 15 is 0 Å². The highest BCUT2D eigenvalue weighted by atomic mass is 32.2. The zero-order chi connectivity index (χ0) is 15.5. The van der Waals surface area contributed by atoms with Gasteiger partial charge in [0.1, 0.15) is 0 Å². The second kappa shape index (κ2) is 6.56. The lowest BCUT2D eigenvalue weighted by molar-refractivity contribution is 0.400. The summed E-state index contributed by atoms with van der Waals surface area (Å²) in [6, 6.07) is 1.82. The minimum atomic E-state index is -3.51. The number of nitrogens with zero attached hydrogens (tertiary/aromatic N) is 1. The van der Waals surface area contributed by atoms with E-state index in [1.807, 2.05) is 38.9 Å². The fourth-order valence-electron chi connectivity index (χ4n) is 2.12. The molecule has 0 aliphatic carbocycles. The van der Waals surface area contributed by atoms with Crippen molar-refractivity contribution >= 4 is 15.7 Å². The van der Waals surface area contributed by atoms with Gasteiger partial charge in [0.2, 0.25) is 10.0 Å². The number of rotatable bonds is 6. The Morgan fingerprint density at radius 2 is 1.80 bits per heavy atom. The SMILES string of the molecule is Cc1cc(N)c(C)c(S(=O)(=O)NCCCN(C)C)c1C. The predicted molar refractivity (Wildman–Crippen MR) is 83.4 cm³/mol. The summed E-state index contributed by atoms with van der Waals surface area (Å²) in [5, 5.41) is 0. The number of hydrogen-bond donors (Lipinski definition) is 2. The van der Waals surface area contributed by atoms with E-state index < -0.39 is 10.0 Å². The minimum Gasteiger partial charge on any atom is -0.398 e. The van der Waals surface area contributed by atoms with Gasteiger partial charge in [-0.1, -0.05) is 0 Å². The van der Waals surface area contributed by atoms with Crippen LogP contribution in [0.2, 0.25) is 0 Å². The largest absolute Gasteiger partial charge is 0.398 e. The lowest BCUT2D eigenvalue weighted by atomic mass is 10.1. The Kier molecular flexibility index (Phi) is 5.56. The maximum atomic E-state index is 12.4. The van der Waals surface area contributed by atoms with Crippen molar-refractivity contribution in [1.29, 1.82) is 0 Å². The maximum Gasteiger partial charge on any atom is 0.241 e. The number of nitrogens with two attached hydrogens (primary N) is 1. The van der Waals surface area contributed by atoms with E-state index in [1.165, 1.54) is 0 Å². The van der Waals surface area contributed by atoms with Crippen molar-refractivity contribution in [3.63, 3.8) is 0 Å². The predicted octanol–water partition coefficient (Wildman–Crippen LogP) is 1.42. The second-order valence-corrected chi connectivity index (χ2v) is 7.12. The third-order valence-electron chi connectivity index (χ3n) is 3.42. The molecule has 20 heavy (non-hydrogen) atoms. The van der Waals surface area contributed by atoms with E-state index in [-0.39, 0.29) is 0 Å². The summed E-state index contributed by atoms with van der Waals surface area (Å²) >= 11 is 0. The first-order chi connectivity index (χ1) is 9.16. The molecule has 5 nitrogen and oxygen atoms in total. The highest BCUT2D eigenvalue weighted by molar-refractivity contribution is 7.89. The van der Waals surface area contributed by atoms with Crippen LogP contribution >= 0.6 is 0 Å². The Hall–Kier alpha value is -1.11. The Balaban J connectivity index is 2.99. The van der Waals surface area contributed by atoms with Gasteiger partial charge < -0.3 is 10.6 Å². The molecule has 0 saturated carbocycles. The quantitative estimate of drug-likeness (QED) is 0.615. The lowest BCUT2D eigenvalue weighted by Gasteiger charge is -2.16. The van der Waals surface area contributed by atoms with Crippen LogP contribution in [0.3, 0.4) is 0 Å². The molecule has 0 aliphatic rings. The van der Waals surface area contributed by atoms with Gasteiger partial charge in [-0.25, -0.2) is 13.1 Å². The van der Waals surface area contributed by atoms with Gasteiger partial charge in [0.05, 0.1) is 4.90 Å². The van der Waals surface area contributed by atoms with Gasteiger partial charge in [0.15, 0.2) is 0 Å². The summed E-state index contributed by atoms with van der Waals surface area (Å²) in [6.45, 7) is 6.70. The highest BCUT2D eigenvalue weighted by Gasteiger charge is 2.21. The Bertz CT molecular complexity index is 554. The van der Waals surface area contributed by atoms with Gasteiger partial charge in [0.25, 0.3) is 0 Å². The van der Waals surface area contributed by atoms with Crippen LogP contribution in [0, 0.1) is 20.8 Å². The average molecular weight is 299 g/mol. The van der Waals surface area contributed by atoms with E-state index in [4.69, 9.17) is 5.73 Å². The van der Waals surface area contributed by atoms with Gasteiger partial charge in [-0.3, -0.25) is 0 Å². The van der Waals surface area contributed by atoms with Crippen molar-refractivity contribution in [2.75, 3.05) is 32.9 Å². The third-order valence-corrected chi connectivity index (χ3v) is 5.15. The fraction of sp³-hybridized carbons (Fsp3) is 0.571. The molecule has 1 aromatic carbocycles. The second-order valence-electron chi connectivity index (χ2n) is 5.42. The summed E-state index contributed by atoms with van der Waals surface area (Å²) in [4.78, 5) is 2.34. The van der Waals surface area contributed by atoms with Gasteiger partial charge in [-0.15, -0.1) is 0 Å². The van der Waals surface area contributed by atoms with Crippen molar-refractivity contribution in [3.8, 4) is 0 Å². The molecule has 3 N–H and O–H groups in total. The standard InChI is InChI=1S/C14H25N3O2S/c1-10-9-13(15)12(3)14(11(10)2)20(18,19)16-7-6-8-17(4)5/h9,16H,6-8,15H2,1-5H3. The molecule has 0 saturated heterocycles. The van der Waals surface area contributed by atoms with E-state index in [0.717, 1.165) is 24.1 Å². The molecule has 0 amide bonds. The molecule has 0 fully saturated rings. The Labute approximate surface area is 122 Å². The van der Waals surface area contributed by atoms with Crippen LogP contribution in [0.25, 0.3) is 0 Å². The molecule has 0 heterocycles. The fourth-order valence-corrected chi connectivity index (χ4v) is 3.76. The van der Waals surface area contributed by atoms with Crippen LogP contribution in [0.1, 0.15) is 23.1 Å². The molecule has 0 aromatic heterocycles. The van der Waals surface area contributed by atoms with Gasteiger partial charge in [0, 0.05) is 12.2 Å². The number of nitrogen functional groups attached to an aromatic ring is 1. The van der Waals surface area contributed by atoms with Crippen molar-refractivity contribution in [2.45, 2.75) is 32.1 Å². The van der Waals surface area contributed by atoms with Crippen LogP contribution in [0.15, 0.2) is 11.0 Å². The van der Waals surface area contributed by atoms with Crippen molar-refractivity contribution in [3.05, 3.63) is 22.8 Å². The maximum absolute atomic E-state index is 12.4. The van der Waals surface area contributed by atoms with E-state index in [1.54, 1.807) is 6.92 Å². The molecule has 1 rings (SSSR count). The van der Waals surface area contributed by atoms with Gasteiger partial charge >= 0.3 is 0 Å². The van der Waals surface area contributed by atoms with E-state index in [9.17, 15) is 8.42 Å². The first kappa shape index (κ1) is 16.9. The van der Waals surface area contributed by atoms with Crippen molar-refractivity contribution < 1.29 is 8.42 Å². The zero-order valence-corrected chi connectivity index (χ0v) is 13.8. The van der Waals surface area contributed by atoms with Crippen LogP contribution in [0.4, 0.5) is 5.69 Å². The number of anilines is 1. The smallest absolute Gasteiger partial charge is 0.241 e. The minimum absolute atomic E-state index is 0.319. The average Bonchev–Trinajstić information content (AvgIpc) is 2.32. The Morgan fingerprint density at radius 1 is 1.20 bits per heavy atom. The molecule has 0 radical (unpaired) electrons. The molecular formula is C14H25N3O2S. The van der Waals surface area contributed by atoms with Crippen LogP contribution in [-0.4, -0.2) is 40.5 Å². The summed E-state index contributed by atoms with van der Waals surface area (Å²) in [5.74, 6) is 0. The molecule has 0 spiro atoms. The van der Waals surface area contributed by atoms with E-state index in [0.29, 0.717) is 22.7 Å². The molecule has 0 unspecified atom stereocenters. The van der Waals surface area contributed by atoms with Crippen LogP contribution in [0.5, 0.6) is 0 Å². The van der Waals surface area contributed by atoms with Gasteiger partial charge in [-0.2, -0.15) is 0 Å². The molecule has 114 valence electrons. The molecule has 6 heteroatoms. The first-order valence-corrected chi connectivity index (χ1v) is 8.15. The summed E-state index contributed by atoms with van der Waals surface area (Å²) in [5.41, 5.74) is 8.67. The Morgan fingerprint density at radius 3 is 2.35 bits per heavy atom. The number of nitrogens with one attached hydrogen (secondary N) is 1. The molecular weight excluding hydrogens is 274 g/mol. The number of sulfonamides is 1. The van der Waals surface area contributed by atoms with Crippen LogP contribution in [-0.2, 0) is 10.0 Å². The summed E-state index contributed by atoms with van der Waals surface area (Å²) in [6.07, 6.45) is 0.769. The highest BCUT2D eigenvalue weighted by Crippen LogP contribution is 2.27. The molecule has 0 aliphatic heterocycles. The normalized spacial score (nSPS) is 12.1. The lowest BCUT2D eigenvalue weighted by Crippen LogP contribution is -2.28. The van der Waals surface area contributed by atoms with Crippen LogP contribution < -0.4 is 10.5 Å². The molecule has 1 aromatic rings. The number of benzene rings is 1. The third kappa shape index (κ3) is 3.94. The van der Waals surface area contributed by atoms with Crippen molar-refractivity contribution in [1.82, 2.24) is 9.62 Å².